The van der Waals surface area contributed by atoms with E-state index in [0.717, 1.165) is 0 Å². The molecule has 0 bridgehead atoms. The number of thioether (sulfide) groups is 1. The topological polar surface area (TPSA) is 29.1 Å². The number of benzene rings is 1. The van der Waals surface area contributed by atoms with Gasteiger partial charge in [0.1, 0.15) is 0 Å². The minimum atomic E-state index is 0.00485. The maximum atomic E-state index is 11.8. The molecule has 1 saturated carbocycles. The standard InChI is InChI=1S/C13H15Cl2NOS/c14-9-5-10(15)7-11(6-9)16-13(17)8-18-12-3-1-2-4-12/h5-7,12H,1-4,8H2,(H,16,17). The molecule has 1 aromatic carbocycles. The van der Waals surface area contributed by atoms with Crippen LogP contribution in [0.15, 0.2) is 18.2 Å². The largest absolute Gasteiger partial charge is 0.325 e. The van der Waals surface area contributed by atoms with Crippen molar-refractivity contribution in [1.29, 1.82) is 0 Å². The van der Waals surface area contributed by atoms with E-state index >= 15 is 0 Å². The molecule has 0 heterocycles. The van der Waals surface area contributed by atoms with Gasteiger partial charge < -0.3 is 5.32 Å². The van der Waals surface area contributed by atoms with Crippen LogP contribution in [0.3, 0.4) is 0 Å². The van der Waals surface area contributed by atoms with Crippen LogP contribution in [-0.2, 0) is 4.79 Å². The zero-order valence-electron chi connectivity index (χ0n) is 9.92. The van der Waals surface area contributed by atoms with Crippen molar-refractivity contribution < 1.29 is 4.79 Å². The first-order chi connectivity index (χ1) is 8.63. The predicted octanol–water partition coefficient (Wildman–Crippen LogP) is 4.61. The van der Waals surface area contributed by atoms with Crippen molar-refractivity contribution >= 4 is 46.6 Å². The summed E-state index contributed by atoms with van der Waals surface area (Å²) in [4.78, 5) is 11.8. The average molecular weight is 304 g/mol. The minimum absolute atomic E-state index is 0.00485. The fourth-order valence-electron chi connectivity index (χ4n) is 2.07. The number of halogens is 2. The maximum Gasteiger partial charge on any atom is 0.234 e. The summed E-state index contributed by atoms with van der Waals surface area (Å²) in [6, 6.07) is 5.04. The monoisotopic (exact) mass is 303 g/mol. The molecule has 0 unspecified atom stereocenters. The molecular weight excluding hydrogens is 289 g/mol. The number of anilines is 1. The Morgan fingerprint density at radius 1 is 1.22 bits per heavy atom. The van der Waals surface area contributed by atoms with E-state index in [1.807, 2.05) is 0 Å². The van der Waals surface area contributed by atoms with Crippen molar-refractivity contribution in [2.45, 2.75) is 30.9 Å². The second-order valence-electron chi connectivity index (χ2n) is 4.42. The summed E-state index contributed by atoms with van der Waals surface area (Å²) in [6.07, 6.45) is 5.06. The predicted molar refractivity (Wildman–Crippen MR) is 79.8 cm³/mol. The summed E-state index contributed by atoms with van der Waals surface area (Å²) in [5, 5.41) is 4.53. The van der Waals surface area contributed by atoms with Crippen molar-refractivity contribution in [3.05, 3.63) is 28.2 Å². The smallest absolute Gasteiger partial charge is 0.234 e. The second-order valence-corrected chi connectivity index (χ2v) is 6.59. The Hall–Kier alpha value is -0.380. The van der Waals surface area contributed by atoms with Gasteiger partial charge in [-0.15, -0.1) is 11.8 Å². The van der Waals surface area contributed by atoms with Crippen LogP contribution in [0.1, 0.15) is 25.7 Å². The molecule has 5 heteroatoms. The third kappa shape index (κ3) is 4.38. The molecule has 0 aliphatic heterocycles. The minimum Gasteiger partial charge on any atom is -0.325 e. The molecule has 0 atom stereocenters. The van der Waals surface area contributed by atoms with Gasteiger partial charge in [0.05, 0.1) is 5.75 Å². The van der Waals surface area contributed by atoms with E-state index in [0.29, 0.717) is 26.7 Å². The van der Waals surface area contributed by atoms with Crippen LogP contribution in [0.4, 0.5) is 5.69 Å². The third-order valence-electron chi connectivity index (χ3n) is 2.90. The maximum absolute atomic E-state index is 11.8. The zero-order chi connectivity index (χ0) is 13.0. The molecule has 0 spiro atoms. The molecule has 1 amide bonds. The lowest BCUT2D eigenvalue weighted by Crippen LogP contribution is -2.15. The van der Waals surface area contributed by atoms with Gasteiger partial charge in [-0.25, -0.2) is 0 Å². The van der Waals surface area contributed by atoms with Crippen molar-refractivity contribution in [3.8, 4) is 0 Å². The molecule has 1 aliphatic carbocycles. The van der Waals surface area contributed by atoms with E-state index in [2.05, 4.69) is 5.32 Å². The lowest BCUT2D eigenvalue weighted by atomic mass is 10.3. The number of hydrogen-bond acceptors (Lipinski definition) is 2. The number of carbonyl (C=O) groups is 1. The molecule has 0 radical (unpaired) electrons. The van der Waals surface area contributed by atoms with Crippen LogP contribution >= 0.6 is 35.0 Å². The van der Waals surface area contributed by atoms with Gasteiger partial charge in [0.2, 0.25) is 5.91 Å². The summed E-state index contributed by atoms with van der Waals surface area (Å²) < 4.78 is 0. The number of amides is 1. The Morgan fingerprint density at radius 3 is 2.44 bits per heavy atom. The van der Waals surface area contributed by atoms with Crippen molar-refractivity contribution in [1.82, 2.24) is 0 Å². The van der Waals surface area contributed by atoms with Crippen LogP contribution in [0.5, 0.6) is 0 Å². The molecule has 0 saturated heterocycles. The molecule has 2 rings (SSSR count). The normalized spacial score (nSPS) is 15.9. The molecule has 2 nitrogen and oxygen atoms in total. The molecule has 0 aromatic heterocycles. The van der Waals surface area contributed by atoms with Crippen LogP contribution in [0, 0.1) is 0 Å². The van der Waals surface area contributed by atoms with Gasteiger partial charge in [0, 0.05) is 21.0 Å². The molecule has 1 aromatic rings. The highest BCUT2D eigenvalue weighted by Crippen LogP contribution is 2.29. The molecule has 98 valence electrons. The fraction of sp³-hybridized carbons (Fsp3) is 0.462. The summed E-state index contributed by atoms with van der Waals surface area (Å²) in [6.45, 7) is 0. The lowest BCUT2D eigenvalue weighted by Gasteiger charge is -2.09. The van der Waals surface area contributed by atoms with Crippen LogP contribution < -0.4 is 5.32 Å². The van der Waals surface area contributed by atoms with E-state index in [1.54, 1.807) is 30.0 Å². The highest BCUT2D eigenvalue weighted by atomic mass is 35.5. The quantitative estimate of drug-likeness (QED) is 0.880. The Morgan fingerprint density at radius 2 is 1.83 bits per heavy atom. The van der Waals surface area contributed by atoms with Gasteiger partial charge in [-0.05, 0) is 31.0 Å². The van der Waals surface area contributed by atoms with Gasteiger partial charge >= 0.3 is 0 Å². The Bertz CT molecular complexity index is 413. The summed E-state index contributed by atoms with van der Waals surface area (Å²) in [5.41, 5.74) is 0.657. The van der Waals surface area contributed by atoms with Gasteiger partial charge in [-0.3, -0.25) is 4.79 Å². The van der Waals surface area contributed by atoms with E-state index in [9.17, 15) is 4.79 Å². The van der Waals surface area contributed by atoms with Crippen LogP contribution in [0.2, 0.25) is 10.0 Å². The summed E-state index contributed by atoms with van der Waals surface area (Å²) in [7, 11) is 0. The van der Waals surface area contributed by atoms with Crippen LogP contribution in [0.25, 0.3) is 0 Å². The highest BCUT2D eigenvalue weighted by molar-refractivity contribution is 8.00. The summed E-state index contributed by atoms with van der Waals surface area (Å²) in [5.74, 6) is 0.500. The van der Waals surface area contributed by atoms with E-state index in [1.165, 1.54) is 25.7 Å². The number of nitrogens with one attached hydrogen (secondary N) is 1. The van der Waals surface area contributed by atoms with Gasteiger partial charge in [0.15, 0.2) is 0 Å². The van der Waals surface area contributed by atoms with Gasteiger partial charge in [-0.2, -0.15) is 0 Å². The molecule has 1 fully saturated rings. The number of rotatable bonds is 4. The first-order valence-corrected chi connectivity index (χ1v) is 7.81. The lowest BCUT2D eigenvalue weighted by molar-refractivity contribution is -0.113. The molecule has 1 aliphatic rings. The van der Waals surface area contributed by atoms with Crippen molar-refractivity contribution in [2.24, 2.45) is 0 Å². The fourth-order valence-corrected chi connectivity index (χ4v) is 3.72. The summed E-state index contributed by atoms with van der Waals surface area (Å²) >= 11 is 13.5. The molecule has 18 heavy (non-hydrogen) atoms. The number of hydrogen-bond donors (Lipinski definition) is 1. The molecular formula is C13H15Cl2NOS. The average Bonchev–Trinajstić information content (AvgIpc) is 2.77. The third-order valence-corrected chi connectivity index (χ3v) is 4.71. The van der Waals surface area contributed by atoms with E-state index in [4.69, 9.17) is 23.2 Å². The zero-order valence-corrected chi connectivity index (χ0v) is 12.2. The van der Waals surface area contributed by atoms with Crippen LogP contribution in [-0.4, -0.2) is 16.9 Å². The molecule has 1 N–H and O–H groups in total. The van der Waals surface area contributed by atoms with Crippen molar-refractivity contribution in [2.75, 3.05) is 11.1 Å². The van der Waals surface area contributed by atoms with Crippen molar-refractivity contribution in [3.63, 3.8) is 0 Å². The van der Waals surface area contributed by atoms with E-state index < -0.39 is 0 Å². The second kappa shape index (κ2) is 6.69. The first kappa shape index (κ1) is 14.0. The first-order valence-electron chi connectivity index (χ1n) is 6.01. The van der Waals surface area contributed by atoms with Gasteiger partial charge in [-0.1, -0.05) is 36.0 Å². The Labute approximate surface area is 121 Å². The highest BCUT2D eigenvalue weighted by Gasteiger charge is 2.16. The number of carbonyl (C=O) groups excluding carboxylic acids is 1. The van der Waals surface area contributed by atoms with E-state index in [-0.39, 0.29) is 5.91 Å². The SMILES string of the molecule is O=C(CSC1CCCC1)Nc1cc(Cl)cc(Cl)c1. The Balaban J connectivity index is 1.82. The Kier molecular flexibility index (Phi) is 5.22. The van der Waals surface area contributed by atoms with Gasteiger partial charge in [0.25, 0.3) is 0 Å².